The van der Waals surface area contributed by atoms with Gasteiger partial charge in [0.25, 0.3) is 0 Å². The molecule has 0 rings (SSSR count). The standard InChI is InChI=1S/C56H111NO5/c1-3-5-7-9-11-13-15-17-18-19-20-21-22-23-24-25-26-27-28-29-32-36-40-44-48-54(59)53(52-58)57-55(60)49-45-41-37-33-31-35-39-43-47-51-62-56(61)50-46-42-38-34-30-16-14-12-10-8-6-4-2/h53-54,58-59H,3-52H2,1-2H3,(H,57,60). The van der Waals surface area contributed by atoms with E-state index in [0.29, 0.717) is 25.9 Å². The Balaban J connectivity index is 3.45. The fourth-order valence-corrected chi connectivity index (χ4v) is 9.05. The quantitative estimate of drug-likeness (QED) is 0.0418. The van der Waals surface area contributed by atoms with Crippen LogP contribution in [0, 0.1) is 0 Å². The van der Waals surface area contributed by atoms with Gasteiger partial charge in [-0.15, -0.1) is 0 Å². The molecule has 2 unspecified atom stereocenters. The fraction of sp³-hybridized carbons (Fsp3) is 0.964. The van der Waals surface area contributed by atoms with Gasteiger partial charge >= 0.3 is 5.97 Å². The van der Waals surface area contributed by atoms with E-state index >= 15 is 0 Å². The van der Waals surface area contributed by atoms with E-state index in [1.54, 1.807) is 0 Å². The Morgan fingerprint density at radius 1 is 0.387 bits per heavy atom. The summed E-state index contributed by atoms with van der Waals surface area (Å²) in [5.74, 6) is -0.0806. The lowest BCUT2D eigenvalue weighted by molar-refractivity contribution is -0.143. The first kappa shape index (κ1) is 60.9. The Bertz CT molecular complexity index is 882. The summed E-state index contributed by atoms with van der Waals surface area (Å²) in [6, 6.07) is -0.560. The highest BCUT2D eigenvalue weighted by atomic mass is 16.5. The van der Waals surface area contributed by atoms with Crippen molar-refractivity contribution in [3.05, 3.63) is 0 Å². The molecule has 62 heavy (non-hydrogen) atoms. The predicted molar refractivity (Wildman–Crippen MR) is 269 cm³/mol. The molecule has 0 fully saturated rings. The van der Waals surface area contributed by atoms with Gasteiger partial charge in [0.05, 0.1) is 25.4 Å². The zero-order valence-electron chi connectivity index (χ0n) is 42.1. The second-order valence-corrected chi connectivity index (χ2v) is 19.6. The summed E-state index contributed by atoms with van der Waals surface area (Å²) in [5.41, 5.74) is 0. The molecule has 0 heterocycles. The molecule has 0 bridgehead atoms. The van der Waals surface area contributed by atoms with Gasteiger partial charge in [-0.1, -0.05) is 284 Å². The number of aliphatic hydroxyl groups is 2. The predicted octanol–water partition coefficient (Wildman–Crippen LogP) is 17.1. The third kappa shape index (κ3) is 48.3. The molecule has 6 nitrogen and oxygen atoms in total. The molecular weight excluding hydrogens is 767 g/mol. The van der Waals surface area contributed by atoms with E-state index in [0.717, 1.165) is 57.8 Å². The Morgan fingerprint density at radius 3 is 0.984 bits per heavy atom. The second kappa shape index (κ2) is 52.5. The van der Waals surface area contributed by atoms with E-state index in [-0.39, 0.29) is 18.5 Å². The van der Waals surface area contributed by atoms with Crippen LogP contribution in [0.2, 0.25) is 0 Å². The van der Waals surface area contributed by atoms with Gasteiger partial charge in [-0.2, -0.15) is 0 Å². The summed E-state index contributed by atoms with van der Waals surface area (Å²) >= 11 is 0. The van der Waals surface area contributed by atoms with Crippen molar-refractivity contribution < 1.29 is 24.5 Å². The van der Waals surface area contributed by atoms with Crippen molar-refractivity contribution in [2.75, 3.05) is 13.2 Å². The Hall–Kier alpha value is -1.14. The zero-order chi connectivity index (χ0) is 45.1. The summed E-state index contributed by atoms with van der Waals surface area (Å²) in [6.45, 7) is 4.91. The SMILES string of the molecule is CCCCCCCCCCCCCCCCCCCCCCCCCCC(O)C(CO)NC(=O)CCCCCCCCCCCOC(=O)CCCCCCCCCCCCCC. The Morgan fingerprint density at radius 2 is 0.661 bits per heavy atom. The molecule has 0 spiro atoms. The highest BCUT2D eigenvalue weighted by Crippen LogP contribution is 2.18. The Kier molecular flexibility index (Phi) is 51.5. The monoisotopic (exact) mass is 878 g/mol. The number of carbonyl (C=O) groups excluding carboxylic acids is 2. The summed E-state index contributed by atoms with van der Waals surface area (Å²) in [7, 11) is 0. The number of nitrogens with one attached hydrogen (secondary N) is 1. The molecule has 0 aliphatic carbocycles. The molecule has 3 N–H and O–H groups in total. The van der Waals surface area contributed by atoms with E-state index in [4.69, 9.17) is 4.74 Å². The minimum absolute atomic E-state index is 0.0227. The van der Waals surface area contributed by atoms with Gasteiger partial charge in [0, 0.05) is 12.8 Å². The summed E-state index contributed by atoms with van der Waals surface area (Å²) in [4.78, 5) is 24.5. The van der Waals surface area contributed by atoms with Crippen molar-refractivity contribution in [2.45, 2.75) is 334 Å². The number of unbranched alkanes of at least 4 members (excludes halogenated alkanes) is 42. The van der Waals surface area contributed by atoms with Crippen LogP contribution in [0.15, 0.2) is 0 Å². The molecular formula is C56H111NO5. The first-order valence-corrected chi connectivity index (χ1v) is 28.3. The lowest BCUT2D eigenvalue weighted by Crippen LogP contribution is -2.45. The summed E-state index contributed by atoms with van der Waals surface area (Å²) in [6.07, 6.45) is 59.5. The molecule has 2 atom stereocenters. The average Bonchev–Trinajstić information content (AvgIpc) is 3.27. The van der Waals surface area contributed by atoms with Crippen molar-refractivity contribution in [3.63, 3.8) is 0 Å². The molecule has 1 amide bonds. The topological polar surface area (TPSA) is 95.9 Å². The van der Waals surface area contributed by atoms with Crippen molar-refractivity contribution in [1.82, 2.24) is 5.32 Å². The van der Waals surface area contributed by atoms with Gasteiger partial charge in [0.15, 0.2) is 0 Å². The van der Waals surface area contributed by atoms with Crippen molar-refractivity contribution in [3.8, 4) is 0 Å². The largest absolute Gasteiger partial charge is 0.466 e. The van der Waals surface area contributed by atoms with E-state index in [1.807, 2.05) is 0 Å². The normalized spacial score (nSPS) is 12.5. The summed E-state index contributed by atoms with van der Waals surface area (Å²) in [5, 5.41) is 23.3. The summed E-state index contributed by atoms with van der Waals surface area (Å²) < 4.78 is 5.45. The lowest BCUT2D eigenvalue weighted by atomic mass is 10.0. The third-order valence-corrected chi connectivity index (χ3v) is 13.4. The fourth-order valence-electron chi connectivity index (χ4n) is 9.05. The van der Waals surface area contributed by atoms with Gasteiger partial charge in [-0.3, -0.25) is 9.59 Å². The molecule has 0 saturated carbocycles. The first-order valence-electron chi connectivity index (χ1n) is 28.3. The highest BCUT2D eigenvalue weighted by molar-refractivity contribution is 5.76. The van der Waals surface area contributed by atoms with Crippen LogP contribution in [0.5, 0.6) is 0 Å². The van der Waals surface area contributed by atoms with Crippen LogP contribution in [0.1, 0.15) is 322 Å². The number of esters is 1. The third-order valence-electron chi connectivity index (χ3n) is 13.4. The Labute approximate surface area is 387 Å². The van der Waals surface area contributed by atoms with Crippen molar-refractivity contribution in [1.29, 1.82) is 0 Å². The molecule has 0 aromatic rings. The molecule has 370 valence electrons. The molecule has 6 heteroatoms. The first-order chi connectivity index (χ1) is 30.5. The van der Waals surface area contributed by atoms with Crippen LogP contribution in [0.4, 0.5) is 0 Å². The maximum Gasteiger partial charge on any atom is 0.305 e. The smallest absolute Gasteiger partial charge is 0.305 e. The highest BCUT2D eigenvalue weighted by Gasteiger charge is 2.20. The number of hydrogen-bond donors (Lipinski definition) is 3. The number of rotatable bonds is 53. The van der Waals surface area contributed by atoms with Gasteiger partial charge in [-0.25, -0.2) is 0 Å². The van der Waals surface area contributed by atoms with Crippen LogP contribution in [0.3, 0.4) is 0 Å². The minimum atomic E-state index is -0.681. The minimum Gasteiger partial charge on any atom is -0.466 e. The van der Waals surface area contributed by atoms with Gasteiger partial charge in [0.1, 0.15) is 0 Å². The van der Waals surface area contributed by atoms with E-state index in [9.17, 15) is 19.8 Å². The lowest BCUT2D eigenvalue weighted by Gasteiger charge is -2.22. The van der Waals surface area contributed by atoms with Crippen molar-refractivity contribution >= 4 is 11.9 Å². The molecule has 0 radical (unpaired) electrons. The number of hydrogen-bond acceptors (Lipinski definition) is 5. The van der Waals surface area contributed by atoms with E-state index in [2.05, 4.69) is 19.2 Å². The second-order valence-electron chi connectivity index (χ2n) is 19.6. The molecule has 0 aromatic heterocycles. The molecule has 0 saturated heterocycles. The van der Waals surface area contributed by atoms with Crippen LogP contribution < -0.4 is 5.32 Å². The van der Waals surface area contributed by atoms with Gasteiger partial charge < -0.3 is 20.3 Å². The molecule has 0 aliphatic heterocycles. The molecule has 0 aromatic carbocycles. The van der Waals surface area contributed by atoms with Crippen LogP contribution in [-0.4, -0.2) is 47.4 Å². The number of ether oxygens (including phenoxy) is 1. The van der Waals surface area contributed by atoms with Gasteiger partial charge in [-0.05, 0) is 25.7 Å². The molecule has 0 aliphatic rings. The van der Waals surface area contributed by atoms with Gasteiger partial charge in [0.2, 0.25) is 5.91 Å². The van der Waals surface area contributed by atoms with Crippen molar-refractivity contribution in [2.24, 2.45) is 0 Å². The average molecular weight is 879 g/mol. The van der Waals surface area contributed by atoms with E-state index < -0.39 is 12.1 Å². The van der Waals surface area contributed by atoms with Crippen LogP contribution >= 0.6 is 0 Å². The zero-order valence-corrected chi connectivity index (χ0v) is 42.1. The number of amides is 1. The van der Waals surface area contributed by atoms with Crippen LogP contribution in [-0.2, 0) is 14.3 Å². The number of carbonyl (C=O) groups is 2. The maximum atomic E-state index is 12.5. The number of aliphatic hydroxyl groups excluding tert-OH is 2. The maximum absolute atomic E-state index is 12.5. The van der Waals surface area contributed by atoms with Crippen LogP contribution in [0.25, 0.3) is 0 Å². The van der Waals surface area contributed by atoms with E-state index in [1.165, 1.54) is 231 Å².